The zero-order valence-corrected chi connectivity index (χ0v) is 10.8. The van der Waals surface area contributed by atoms with Gasteiger partial charge < -0.3 is 14.6 Å². The second kappa shape index (κ2) is 6.66. The molecule has 0 aliphatic rings. The molecule has 0 saturated carbocycles. The molecule has 0 spiro atoms. The number of nitrogens with one attached hydrogen (secondary N) is 1. The second-order valence-corrected chi connectivity index (χ2v) is 4.13. The summed E-state index contributed by atoms with van der Waals surface area (Å²) < 4.78 is 7.51. The number of nitrogens with zero attached hydrogens (tertiary/aromatic N) is 2. The fourth-order valence-corrected chi connectivity index (χ4v) is 1.63. The maximum absolute atomic E-state index is 5.29. The fourth-order valence-electron chi connectivity index (χ4n) is 1.63. The summed E-state index contributed by atoms with van der Waals surface area (Å²) in [5, 5.41) is 3.39. The zero-order chi connectivity index (χ0) is 12.0. The molecule has 0 fully saturated rings. The minimum atomic E-state index is 0.220. The number of aryl methyl sites for hydroxylation is 1. The topological polar surface area (TPSA) is 39.1 Å². The van der Waals surface area contributed by atoms with E-state index in [0.29, 0.717) is 0 Å². The van der Waals surface area contributed by atoms with Crippen molar-refractivity contribution in [1.29, 1.82) is 0 Å². The lowest BCUT2D eigenvalue weighted by Gasteiger charge is -2.15. The predicted octanol–water partition coefficient (Wildman–Crippen LogP) is 1.73. The first-order chi connectivity index (χ1) is 7.69. The van der Waals surface area contributed by atoms with Gasteiger partial charge in [-0.25, -0.2) is 4.98 Å². The van der Waals surface area contributed by atoms with Crippen molar-refractivity contribution in [3.05, 3.63) is 17.7 Å². The largest absolute Gasteiger partial charge is 0.380 e. The van der Waals surface area contributed by atoms with E-state index < -0.39 is 0 Å². The van der Waals surface area contributed by atoms with Crippen molar-refractivity contribution in [2.45, 2.75) is 46.4 Å². The Hall–Kier alpha value is -0.870. The first kappa shape index (κ1) is 13.2. The molecule has 92 valence electrons. The van der Waals surface area contributed by atoms with E-state index in [1.54, 1.807) is 7.11 Å². The van der Waals surface area contributed by atoms with Gasteiger partial charge in [-0.2, -0.15) is 0 Å². The van der Waals surface area contributed by atoms with Crippen LogP contribution in [-0.4, -0.2) is 29.3 Å². The molecule has 0 aromatic carbocycles. The van der Waals surface area contributed by atoms with Crippen molar-refractivity contribution >= 4 is 0 Å². The Morgan fingerprint density at radius 1 is 1.56 bits per heavy atom. The molecule has 0 aliphatic heterocycles. The summed E-state index contributed by atoms with van der Waals surface area (Å²) in [4.78, 5) is 4.35. The summed E-state index contributed by atoms with van der Waals surface area (Å²) in [5.41, 5.74) is 1.23. The van der Waals surface area contributed by atoms with Crippen LogP contribution >= 0.6 is 0 Å². The van der Waals surface area contributed by atoms with Gasteiger partial charge in [-0.05, 0) is 26.8 Å². The van der Waals surface area contributed by atoms with Crippen molar-refractivity contribution in [2.24, 2.45) is 0 Å². The molecule has 1 N–H and O–H groups in total. The van der Waals surface area contributed by atoms with E-state index in [9.17, 15) is 0 Å². The SMILES string of the molecule is CCCNCc1cnc(C)n1CC(C)OC. The summed E-state index contributed by atoms with van der Waals surface area (Å²) >= 11 is 0. The minimum Gasteiger partial charge on any atom is -0.380 e. The van der Waals surface area contributed by atoms with Gasteiger partial charge in [0.25, 0.3) is 0 Å². The van der Waals surface area contributed by atoms with Gasteiger partial charge in [-0.15, -0.1) is 0 Å². The molecule has 1 unspecified atom stereocenters. The highest BCUT2D eigenvalue weighted by Gasteiger charge is 2.09. The zero-order valence-electron chi connectivity index (χ0n) is 10.8. The molecule has 4 nitrogen and oxygen atoms in total. The lowest BCUT2D eigenvalue weighted by Crippen LogP contribution is -2.21. The second-order valence-electron chi connectivity index (χ2n) is 4.13. The molecule has 1 aromatic rings. The molecule has 1 aromatic heterocycles. The highest BCUT2D eigenvalue weighted by Crippen LogP contribution is 2.07. The molecule has 1 rings (SSSR count). The maximum Gasteiger partial charge on any atom is 0.105 e. The molecule has 0 saturated heterocycles. The van der Waals surface area contributed by atoms with Crippen molar-refractivity contribution in [3.8, 4) is 0 Å². The van der Waals surface area contributed by atoms with Crippen molar-refractivity contribution in [2.75, 3.05) is 13.7 Å². The van der Waals surface area contributed by atoms with Crippen LogP contribution in [0.3, 0.4) is 0 Å². The molecule has 1 atom stereocenters. The van der Waals surface area contributed by atoms with Crippen LogP contribution in [0.5, 0.6) is 0 Å². The average molecular weight is 225 g/mol. The molecule has 0 radical (unpaired) electrons. The third kappa shape index (κ3) is 3.61. The standard InChI is InChI=1S/C12H23N3O/c1-5-6-13-7-12-8-14-11(3)15(12)9-10(2)16-4/h8,10,13H,5-7,9H2,1-4H3. The van der Waals surface area contributed by atoms with Gasteiger partial charge in [0, 0.05) is 19.9 Å². The summed E-state index contributed by atoms with van der Waals surface area (Å²) in [6.45, 7) is 9.07. The van der Waals surface area contributed by atoms with Gasteiger partial charge >= 0.3 is 0 Å². The quantitative estimate of drug-likeness (QED) is 0.718. The monoisotopic (exact) mass is 225 g/mol. The van der Waals surface area contributed by atoms with Crippen LogP contribution in [-0.2, 0) is 17.8 Å². The Balaban J connectivity index is 2.62. The summed E-state index contributed by atoms with van der Waals surface area (Å²) in [6.07, 6.45) is 3.32. The van der Waals surface area contributed by atoms with Crippen molar-refractivity contribution in [3.63, 3.8) is 0 Å². The van der Waals surface area contributed by atoms with Gasteiger partial charge in [-0.3, -0.25) is 0 Å². The Morgan fingerprint density at radius 2 is 2.31 bits per heavy atom. The van der Waals surface area contributed by atoms with Crippen LogP contribution < -0.4 is 5.32 Å². The highest BCUT2D eigenvalue weighted by atomic mass is 16.5. The third-order valence-corrected chi connectivity index (χ3v) is 2.71. The number of methoxy groups -OCH3 is 1. The number of ether oxygens (including phenoxy) is 1. The number of aromatic nitrogens is 2. The first-order valence-corrected chi connectivity index (χ1v) is 5.93. The van der Waals surface area contributed by atoms with Crippen LogP contribution in [0.25, 0.3) is 0 Å². The molecule has 16 heavy (non-hydrogen) atoms. The Bertz CT molecular complexity index is 309. The van der Waals surface area contributed by atoms with E-state index in [1.165, 1.54) is 5.69 Å². The van der Waals surface area contributed by atoms with Crippen LogP contribution in [0, 0.1) is 6.92 Å². The van der Waals surface area contributed by atoms with Crippen molar-refractivity contribution in [1.82, 2.24) is 14.9 Å². The van der Waals surface area contributed by atoms with E-state index in [-0.39, 0.29) is 6.10 Å². The maximum atomic E-state index is 5.29. The van der Waals surface area contributed by atoms with Crippen LogP contribution in [0.2, 0.25) is 0 Å². The van der Waals surface area contributed by atoms with Gasteiger partial charge in [0.15, 0.2) is 0 Å². The van der Waals surface area contributed by atoms with E-state index in [2.05, 4.69) is 28.7 Å². The van der Waals surface area contributed by atoms with Crippen LogP contribution in [0.15, 0.2) is 6.20 Å². The minimum absolute atomic E-state index is 0.220. The summed E-state index contributed by atoms with van der Waals surface area (Å²) in [7, 11) is 1.74. The number of hydrogen-bond donors (Lipinski definition) is 1. The van der Waals surface area contributed by atoms with Crippen LogP contribution in [0.4, 0.5) is 0 Å². The smallest absolute Gasteiger partial charge is 0.105 e. The fraction of sp³-hybridized carbons (Fsp3) is 0.750. The van der Waals surface area contributed by atoms with Gasteiger partial charge in [0.05, 0.1) is 18.3 Å². The molecule has 1 heterocycles. The Labute approximate surface area is 98.0 Å². The summed E-state index contributed by atoms with van der Waals surface area (Å²) in [6, 6.07) is 0. The first-order valence-electron chi connectivity index (χ1n) is 5.93. The molecule has 0 amide bonds. The molecule has 4 heteroatoms. The third-order valence-electron chi connectivity index (χ3n) is 2.71. The Kier molecular flexibility index (Phi) is 5.49. The number of rotatable bonds is 7. The van der Waals surface area contributed by atoms with Crippen molar-refractivity contribution < 1.29 is 4.74 Å². The van der Waals surface area contributed by atoms with E-state index in [0.717, 1.165) is 31.9 Å². The van der Waals surface area contributed by atoms with E-state index in [1.807, 2.05) is 13.1 Å². The number of imidazole rings is 1. The van der Waals surface area contributed by atoms with Gasteiger partial charge in [0.2, 0.25) is 0 Å². The summed E-state index contributed by atoms with van der Waals surface area (Å²) in [5.74, 6) is 1.05. The highest BCUT2D eigenvalue weighted by molar-refractivity contribution is 5.04. The normalized spacial score (nSPS) is 13.0. The lowest BCUT2D eigenvalue weighted by molar-refractivity contribution is 0.102. The molecular weight excluding hydrogens is 202 g/mol. The van der Waals surface area contributed by atoms with Crippen LogP contribution in [0.1, 0.15) is 31.8 Å². The Morgan fingerprint density at radius 3 is 2.94 bits per heavy atom. The van der Waals surface area contributed by atoms with E-state index in [4.69, 9.17) is 4.74 Å². The average Bonchev–Trinajstić information content (AvgIpc) is 2.61. The predicted molar refractivity (Wildman–Crippen MR) is 65.4 cm³/mol. The van der Waals surface area contributed by atoms with Gasteiger partial charge in [0.1, 0.15) is 5.82 Å². The van der Waals surface area contributed by atoms with Gasteiger partial charge in [-0.1, -0.05) is 6.92 Å². The molecular formula is C12H23N3O. The van der Waals surface area contributed by atoms with E-state index >= 15 is 0 Å². The lowest BCUT2D eigenvalue weighted by atomic mass is 10.3. The number of hydrogen-bond acceptors (Lipinski definition) is 3. The molecule has 0 aliphatic carbocycles. The molecule has 0 bridgehead atoms.